The maximum Gasteiger partial charge on any atom is 0.121 e. The molecule has 0 saturated carbocycles. The smallest absolute Gasteiger partial charge is 0.121 e. The lowest BCUT2D eigenvalue weighted by atomic mass is 10.00. The van der Waals surface area contributed by atoms with Crippen LogP contribution in [0.1, 0.15) is 26.2 Å². The molecule has 0 aliphatic heterocycles. The number of benzene rings is 1. The third-order valence-corrected chi connectivity index (χ3v) is 3.15. The Morgan fingerprint density at radius 3 is 2.68 bits per heavy atom. The van der Waals surface area contributed by atoms with Crippen LogP contribution in [0.4, 0.5) is 5.69 Å². The maximum absolute atomic E-state index is 9.77. The first kappa shape index (κ1) is 15.8. The van der Waals surface area contributed by atoms with E-state index < -0.39 is 5.60 Å². The van der Waals surface area contributed by atoms with E-state index in [2.05, 4.69) is 0 Å². The predicted octanol–water partition coefficient (Wildman–Crippen LogP) is 2.01. The van der Waals surface area contributed by atoms with E-state index in [1.54, 1.807) is 6.92 Å². The number of aliphatic hydroxyl groups is 1. The lowest BCUT2D eigenvalue weighted by Crippen LogP contribution is -2.33. The quantitative estimate of drug-likeness (QED) is 0.707. The number of ether oxygens (including phenoxy) is 1. The zero-order valence-corrected chi connectivity index (χ0v) is 12.2. The fourth-order valence-electron chi connectivity index (χ4n) is 1.75. The topological polar surface area (TPSA) is 58.7 Å². The molecule has 19 heavy (non-hydrogen) atoms. The number of hydrogen-bond donors (Lipinski definition) is 2. The molecule has 1 aromatic carbocycles. The van der Waals surface area contributed by atoms with E-state index >= 15 is 0 Å². The van der Waals surface area contributed by atoms with E-state index in [-0.39, 0.29) is 0 Å². The molecule has 0 spiro atoms. The Bertz CT molecular complexity index is 378. The van der Waals surface area contributed by atoms with Gasteiger partial charge in [0.15, 0.2) is 0 Å². The van der Waals surface area contributed by atoms with Gasteiger partial charge in [-0.1, -0.05) is 6.07 Å². The first-order valence-corrected chi connectivity index (χ1v) is 6.77. The van der Waals surface area contributed by atoms with Gasteiger partial charge in [-0.05, 0) is 38.3 Å². The SMILES string of the molecule is CN(C)c1cccc(OCCCCC(C)(O)CN)c1. The van der Waals surface area contributed by atoms with Crippen molar-refractivity contribution in [2.45, 2.75) is 31.8 Å². The Morgan fingerprint density at radius 1 is 1.32 bits per heavy atom. The van der Waals surface area contributed by atoms with E-state index in [1.807, 2.05) is 43.3 Å². The molecule has 0 amide bonds. The monoisotopic (exact) mass is 266 g/mol. The van der Waals surface area contributed by atoms with Crippen molar-refractivity contribution < 1.29 is 9.84 Å². The van der Waals surface area contributed by atoms with Crippen molar-refractivity contribution in [1.29, 1.82) is 0 Å². The van der Waals surface area contributed by atoms with Gasteiger partial charge in [-0.2, -0.15) is 0 Å². The second-order valence-corrected chi connectivity index (χ2v) is 5.40. The Labute approximate surface area is 116 Å². The summed E-state index contributed by atoms with van der Waals surface area (Å²) in [5, 5.41) is 9.77. The Hall–Kier alpha value is -1.26. The molecule has 1 unspecified atom stereocenters. The van der Waals surface area contributed by atoms with E-state index in [4.69, 9.17) is 10.5 Å². The zero-order chi connectivity index (χ0) is 14.3. The van der Waals surface area contributed by atoms with E-state index in [1.165, 1.54) is 0 Å². The van der Waals surface area contributed by atoms with Crippen molar-refractivity contribution in [3.05, 3.63) is 24.3 Å². The minimum atomic E-state index is -0.745. The van der Waals surface area contributed by atoms with Crippen molar-refractivity contribution in [3.8, 4) is 5.75 Å². The highest BCUT2D eigenvalue weighted by atomic mass is 16.5. The summed E-state index contributed by atoms with van der Waals surface area (Å²) in [6.07, 6.45) is 2.55. The minimum Gasteiger partial charge on any atom is -0.494 e. The molecule has 0 aromatic heterocycles. The molecule has 0 saturated heterocycles. The van der Waals surface area contributed by atoms with Gasteiger partial charge in [-0.15, -0.1) is 0 Å². The number of unbranched alkanes of at least 4 members (excludes halogenated alkanes) is 1. The summed E-state index contributed by atoms with van der Waals surface area (Å²) in [7, 11) is 4.02. The van der Waals surface area contributed by atoms with Crippen LogP contribution in [-0.2, 0) is 0 Å². The predicted molar refractivity (Wildman–Crippen MR) is 79.8 cm³/mol. The molecule has 108 valence electrons. The maximum atomic E-state index is 9.77. The summed E-state index contributed by atoms with van der Waals surface area (Å²) in [4.78, 5) is 2.05. The molecular formula is C15H26N2O2. The van der Waals surface area contributed by atoms with Gasteiger partial charge >= 0.3 is 0 Å². The molecule has 3 N–H and O–H groups in total. The van der Waals surface area contributed by atoms with Crippen molar-refractivity contribution in [1.82, 2.24) is 0 Å². The number of nitrogens with zero attached hydrogens (tertiary/aromatic N) is 1. The van der Waals surface area contributed by atoms with Crippen molar-refractivity contribution in [2.24, 2.45) is 5.73 Å². The molecule has 0 bridgehead atoms. The van der Waals surface area contributed by atoms with Gasteiger partial charge in [0.25, 0.3) is 0 Å². The molecular weight excluding hydrogens is 240 g/mol. The van der Waals surface area contributed by atoms with Crippen LogP contribution in [-0.4, -0.2) is 38.0 Å². The van der Waals surface area contributed by atoms with Crippen LogP contribution in [0.3, 0.4) is 0 Å². The van der Waals surface area contributed by atoms with Gasteiger partial charge in [0.05, 0.1) is 12.2 Å². The standard InChI is InChI=1S/C15H26N2O2/c1-15(18,12-16)9-4-5-10-19-14-8-6-7-13(11-14)17(2)3/h6-8,11,18H,4-5,9-10,12,16H2,1-3H3. The lowest BCUT2D eigenvalue weighted by Gasteiger charge is -2.20. The molecule has 0 aliphatic carbocycles. The van der Waals surface area contributed by atoms with Crippen LogP contribution in [0.5, 0.6) is 5.75 Å². The summed E-state index contributed by atoms with van der Waals surface area (Å²) < 4.78 is 5.71. The van der Waals surface area contributed by atoms with Crippen LogP contribution < -0.4 is 15.4 Å². The summed E-state index contributed by atoms with van der Waals surface area (Å²) in [6, 6.07) is 8.02. The summed E-state index contributed by atoms with van der Waals surface area (Å²) >= 11 is 0. The van der Waals surface area contributed by atoms with Crippen molar-refractivity contribution in [2.75, 3.05) is 32.1 Å². The molecule has 1 aromatic rings. The van der Waals surface area contributed by atoms with Crippen LogP contribution in [0.2, 0.25) is 0 Å². The summed E-state index contributed by atoms with van der Waals surface area (Å²) in [5.41, 5.74) is 5.85. The van der Waals surface area contributed by atoms with Gasteiger partial charge in [-0.3, -0.25) is 0 Å². The molecule has 0 heterocycles. The van der Waals surface area contributed by atoms with Crippen LogP contribution in [0.15, 0.2) is 24.3 Å². The molecule has 1 rings (SSSR count). The largest absolute Gasteiger partial charge is 0.494 e. The van der Waals surface area contributed by atoms with Crippen LogP contribution >= 0.6 is 0 Å². The van der Waals surface area contributed by atoms with E-state index in [0.717, 1.165) is 24.3 Å². The number of rotatable bonds is 8. The number of anilines is 1. The average Bonchev–Trinajstić information content (AvgIpc) is 2.38. The Kier molecular flexibility index (Phi) is 6.12. The Morgan fingerprint density at radius 2 is 2.05 bits per heavy atom. The minimum absolute atomic E-state index is 0.304. The zero-order valence-electron chi connectivity index (χ0n) is 12.2. The molecule has 4 nitrogen and oxygen atoms in total. The van der Waals surface area contributed by atoms with Gasteiger partial charge in [0.1, 0.15) is 5.75 Å². The van der Waals surface area contributed by atoms with Crippen LogP contribution in [0.25, 0.3) is 0 Å². The summed E-state index contributed by atoms with van der Waals surface area (Å²) in [5.74, 6) is 0.886. The highest BCUT2D eigenvalue weighted by molar-refractivity contribution is 5.49. The number of nitrogens with two attached hydrogens (primary N) is 1. The highest BCUT2D eigenvalue weighted by Gasteiger charge is 2.16. The fourth-order valence-corrected chi connectivity index (χ4v) is 1.75. The fraction of sp³-hybridized carbons (Fsp3) is 0.600. The van der Waals surface area contributed by atoms with E-state index in [9.17, 15) is 5.11 Å². The summed E-state index contributed by atoms with van der Waals surface area (Å²) in [6.45, 7) is 2.74. The molecule has 0 radical (unpaired) electrons. The lowest BCUT2D eigenvalue weighted by molar-refractivity contribution is 0.0562. The van der Waals surface area contributed by atoms with E-state index in [0.29, 0.717) is 19.6 Å². The number of hydrogen-bond acceptors (Lipinski definition) is 4. The Balaban J connectivity index is 2.28. The molecule has 0 fully saturated rings. The van der Waals surface area contributed by atoms with Crippen molar-refractivity contribution >= 4 is 5.69 Å². The van der Waals surface area contributed by atoms with Gasteiger partial charge in [0, 0.05) is 32.4 Å². The third-order valence-electron chi connectivity index (χ3n) is 3.15. The second kappa shape index (κ2) is 7.36. The third kappa shape index (κ3) is 5.94. The molecule has 1 atom stereocenters. The molecule has 4 heteroatoms. The first-order valence-electron chi connectivity index (χ1n) is 6.77. The van der Waals surface area contributed by atoms with Crippen LogP contribution in [0, 0.1) is 0 Å². The highest BCUT2D eigenvalue weighted by Crippen LogP contribution is 2.20. The normalized spacial score (nSPS) is 13.9. The average molecular weight is 266 g/mol. The second-order valence-electron chi connectivity index (χ2n) is 5.40. The molecule has 0 aliphatic rings. The first-order chi connectivity index (χ1) is 8.94. The van der Waals surface area contributed by atoms with Gasteiger partial charge < -0.3 is 20.5 Å². The van der Waals surface area contributed by atoms with Gasteiger partial charge in [0.2, 0.25) is 0 Å². The van der Waals surface area contributed by atoms with Gasteiger partial charge in [-0.25, -0.2) is 0 Å². The van der Waals surface area contributed by atoms with Crippen molar-refractivity contribution in [3.63, 3.8) is 0 Å².